The third kappa shape index (κ3) is 21.0. The average Bonchev–Trinajstić information content (AvgIpc) is 3.32. The van der Waals surface area contributed by atoms with E-state index in [-0.39, 0.29) is 38.2 Å². The van der Waals surface area contributed by atoms with Gasteiger partial charge in [-0.2, -0.15) is 0 Å². The number of carboxylic acid groups (broad SMARTS) is 1. The zero-order valence-corrected chi connectivity index (χ0v) is 45.2. The number of nitrogens with zero attached hydrogens (tertiary/aromatic N) is 2. The fourth-order valence-corrected chi connectivity index (χ4v) is 7.30. The van der Waals surface area contributed by atoms with Crippen LogP contribution in [0.15, 0.2) is 55.1 Å². The average molecular weight is 1040 g/mol. The van der Waals surface area contributed by atoms with Crippen molar-refractivity contribution in [1.82, 2.24) is 25.8 Å². The van der Waals surface area contributed by atoms with Crippen LogP contribution in [0, 0.1) is 11.8 Å². The van der Waals surface area contributed by atoms with Gasteiger partial charge in [0.2, 0.25) is 29.5 Å². The van der Waals surface area contributed by atoms with E-state index < -0.39 is 120 Å². The van der Waals surface area contributed by atoms with Crippen molar-refractivity contribution in [2.75, 3.05) is 33.9 Å². The van der Waals surface area contributed by atoms with Crippen LogP contribution in [0.25, 0.3) is 0 Å². The summed E-state index contributed by atoms with van der Waals surface area (Å²) in [6, 6.07) is 3.99. The van der Waals surface area contributed by atoms with Gasteiger partial charge in [-0.25, -0.2) is 14.5 Å². The highest BCUT2D eigenvalue weighted by Gasteiger charge is 2.42. The molecule has 0 spiro atoms. The maximum atomic E-state index is 15.2. The fraction of sp³-hybridized carbons (Fsp3) is 0.585. The Labute approximate surface area is 435 Å². The minimum absolute atomic E-state index is 0.132. The fourth-order valence-electron chi connectivity index (χ4n) is 7.30. The summed E-state index contributed by atoms with van der Waals surface area (Å²) in [5.74, 6) is -6.84. The van der Waals surface area contributed by atoms with Crippen LogP contribution in [0.2, 0.25) is 0 Å². The summed E-state index contributed by atoms with van der Waals surface area (Å²) in [5.41, 5.74) is 11.4. The van der Waals surface area contributed by atoms with Gasteiger partial charge in [0.25, 0.3) is 0 Å². The first-order valence-electron chi connectivity index (χ1n) is 24.8. The summed E-state index contributed by atoms with van der Waals surface area (Å²) in [6.45, 7) is 19.4. The second kappa shape index (κ2) is 29.8. The van der Waals surface area contributed by atoms with Crippen molar-refractivity contribution in [2.24, 2.45) is 23.3 Å². The molecule has 0 fully saturated rings. The number of methoxy groups -OCH3 is 2. The number of aliphatic carboxylic acids is 1. The van der Waals surface area contributed by atoms with Gasteiger partial charge in [0.05, 0.1) is 33.2 Å². The number of rotatable bonds is 29. The van der Waals surface area contributed by atoms with Crippen molar-refractivity contribution in [2.45, 2.75) is 156 Å². The molecule has 2 aromatic rings. The molecule has 0 aromatic heterocycles. The Morgan fingerprint density at radius 2 is 1.45 bits per heavy atom. The topological polar surface area (TPSA) is 298 Å². The Bertz CT molecular complexity index is 2220. The van der Waals surface area contributed by atoms with Crippen LogP contribution in [0.3, 0.4) is 0 Å². The lowest BCUT2D eigenvalue weighted by Gasteiger charge is -2.35. The molecule has 412 valence electrons. The smallest absolute Gasteiger partial charge is 0.417 e. The van der Waals surface area contributed by atoms with Crippen LogP contribution in [-0.2, 0) is 56.0 Å². The number of nitrogens with two attached hydrogens (primary N) is 2. The van der Waals surface area contributed by atoms with Gasteiger partial charge in [-0.3, -0.25) is 28.8 Å². The van der Waals surface area contributed by atoms with E-state index in [1.165, 1.54) is 26.4 Å². The molecule has 2 rings (SSSR count). The maximum absolute atomic E-state index is 15.2. The Balaban J connectivity index is 2.85. The third-order valence-electron chi connectivity index (χ3n) is 11.4. The van der Waals surface area contributed by atoms with Gasteiger partial charge in [0.15, 0.2) is 0 Å². The van der Waals surface area contributed by atoms with Gasteiger partial charge in [-0.05, 0) is 109 Å². The molecule has 8 N–H and O–H groups in total. The van der Waals surface area contributed by atoms with Gasteiger partial charge in [-0.1, -0.05) is 58.9 Å². The molecule has 6 atom stereocenters. The lowest BCUT2D eigenvalue weighted by Crippen LogP contribution is -2.61. The summed E-state index contributed by atoms with van der Waals surface area (Å²) in [7, 11) is 2.81. The summed E-state index contributed by atoms with van der Waals surface area (Å²) in [6.07, 6.45) is -0.0141. The molecule has 0 saturated heterocycles. The number of unbranched alkanes of at least 4 members (excludes halogenated alkanes) is 1. The van der Waals surface area contributed by atoms with Crippen LogP contribution in [0.5, 0.6) is 17.2 Å². The summed E-state index contributed by atoms with van der Waals surface area (Å²) in [4.78, 5) is 114. The predicted octanol–water partition coefficient (Wildman–Crippen LogP) is 4.40. The van der Waals surface area contributed by atoms with Crippen LogP contribution >= 0.6 is 0 Å². The summed E-state index contributed by atoms with van der Waals surface area (Å²) >= 11 is 0. The van der Waals surface area contributed by atoms with Crippen molar-refractivity contribution in [3.05, 3.63) is 66.2 Å². The Hall–Kier alpha value is -6.74. The van der Waals surface area contributed by atoms with Gasteiger partial charge < -0.3 is 61.1 Å². The molecule has 0 bridgehead atoms. The number of benzene rings is 2. The normalized spacial score (nSPS) is 13.9. The molecule has 0 unspecified atom stereocenters. The SMILES string of the molecule is C=CCOC(=O)C[C@H](NC(=O)[C@H](CCCCN)N(C(=O)OC(C)(C)C)C(=O)[C@@H](N)C(C)C)C(=O)N(CC(=O)N[C@@H](Cc1ccc(OC(C)(C)C)cc1)C(=O)N[C@H](C(=O)O)[C@@H](C)CC)Cc1ccc(OC)cc1OC. The van der Waals surface area contributed by atoms with E-state index in [9.17, 15) is 38.7 Å². The van der Waals surface area contributed by atoms with E-state index >= 15 is 4.79 Å². The third-order valence-corrected chi connectivity index (χ3v) is 11.4. The first-order valence-corrected chi connectivity index (χ1v) is 24.8. The minimum atomic E-state index is -1.83. The van der Waals surface area contributed by atoms with Crippen molar-refractivity contribution in [3.8, 4) is 17.2 Å². The second-order valence-corrected chi connectivity index (χ2v) is 20.3. The number of nitrogens with one attached hydrogen (secondary N) is 3. The molecule has 21 nitrogen and oxygen atoms in total. The molecule has 0 heterocycles. The number of imide groups is 1. The van der Waals surface area contributed by atoms with Crippen LogP contribution < -0.4 is 41.6 Å². The van der Waals surface area contributed by atoms with Gasteiger partial charge >= 0.3 is 18.0 Å². The molecular weight excluding hydrogens is 959 g/mol. The molecule has 0 radical (unpaired) electrons. The van der Waals surface area contributed by atoms with E-state index in [4.69, 9.17) is 35.2 Å². The molecule has 2 aromatic carbocycles. The quantitative estimate of drug-likeness (QED) is 0.0374. The Kier molecular flexibility index (Phi) is 25.5. The van der Waals surface area contributed by atoms with Crippen molar-refractivity contribution in [1.29, 1.82) is 0 Å². The van der Waals surface area contributed by atoms with Gasteiger partial charge in [0.1, 0.15) is 59.2 Å². The largest absolute Gasteiger partial charge is 0.497 e. The zero-order valence-electron chi connectivity index (χ0n) is 45.2. The van der Waals surface area contributed by atoms with Crippen LogP contribution in [0.1, 0.15) is 112 Å². The highest BCUT2D eigenvalue weighted by atomic mass is 16.6. The van der Waals surface area contributed by atoms with Crippen molar-refractivity contribution in [3.63, 3.8) is 0 Å². The molecule has 21 heteroatoms. The zero-order chi connectivity index (χ0) is 56.1. The van der Waals surface area contributed by atoms with Crippen molar-refractivity contribution < 1.29 is 67.1 Å². The van der Waals surface area contributed by atoms with Crippen LogP contribution in [-0.4, -0.2) is 138 Å². The van der Waals surface area contributed by atoms with E-state index in [1.54, 1.807) is 84.9 Å². The molecule has 74 heavy (non-hydrogen) atoms. The molecule has 0 aliphatic carbocycles. The summed E-state index contributed by atoms with van der Waals surface area (Å²) < 4.78 is 27.8. The van der Waals surface area contributed by atoms with Crippen LogP contribution in [0.4, 0.5) is 4.79 Å². The lowest BCUT2D eigenvalue weighted by molar-refractivity contribution is -0.149. The molecule has 0 saturated carbocycles. The van der Waals surface area contributed by atoms with Crippen molar-refractivity contribution >= 4 is 47.6 Å². The number of carboxylic acids is 1. The Morgan fingerprint density at radius 1 is 0.811 bits per heavy atom. The molecule has 0 aliphatic rings. The minimum Gasteiger partial charge on any atom is -0.497 e. The molecule has 0 aliphatic heterocycles. The van der Waals surface area contributed by atoms with E-state index in [2.05, 4.69) is 22.5 Å². The number of hydrogen-bond donors (Lipinski definition) is 6. The Morgan fingerprint density at radius 3 is 1.97 bits per heavy atom. The number of ether oxygens (including phenoxy) is 5. The monoisotopic (exact) mass is 1040 g/mol. The van der Waals surface area contributed by atoms with E-state index in [0.29, 0.717) is 40.4 Å². The van der Waals surface area contributed by atoms with E-state index in [0.717, 1.165) is 4.90 Å². The van der Waals surface area contributed by atoms with E-state index in [1.807, 2.05) is 20.8 Å². The lowest BCUT2D eigenvalue weighted by atomic mass is 9.98. The predicted molar refractivity (Wildman–Crippen MR) is 277 cm³/mol. The number of carbonyl (C=O) groups is 8. The molecular formula is C53H81N7O14. The summed E-state index contributed by atoms with van der Waals surface area (Å²) in [5, 5.41) is 17.9. The number of esters is 1. The van der Waals surface area contributed by atoms with Gasteiger partial charge in [-0.15, -0.1) is 0 Å². The molecule has 6 amide bonds. The maximum Gasteiger partial charge on any atom is 0.417 e. The number of hydrogen-bond acceptors (Lipinski definition) is 15. The first-order chi connectivity index (χ1) is 34.6. The number of carbonyl (C=O) groups excluding carboxylic acids is 7. The standard InChI is InChI=1S/C53H81N7O14/c1-14-26-72-43(62)29-39(57-47(64)40(18-16-17-25-54)60(49(66)44(55)32(3)4)51(69)74-53(9,10)11)48(65)59(30-35-21-24-37(70-12)28-41(35)71-13)31-42(61)56-38(46(63)58-45(50(67)68)33(5)15-2)27-34-19-22-36(23-20-34)73-52(6,7)8/h14,19-24,28,32-33,38-40,44-45H,1,15-18,25-27,29-31,54-55H2,2-13H3,(H,56,61)(H,57,64)(H,58,63)(H,67,68)/t33-,38-,39-,40-,44-,45-/m0/s1. The highest BCUT2D eigenvalue weighted by Crippen LogP contribution is 2.27. The highest BCUT2D eigenvalue weighted by molar-refractivity contribution is 6.02. The van der Waals surface area contributed by atoms with Gasteiger partial charge in [0, 0.05) is 24.6 Å². The number of amides is 6. The second-order valence-electron chi connectivity index (χ2n) is 20.3. The first kappa shape index (κ1) is 63.4.